The minimum absolute atomic E-state index is 0.0259. The molecule has 4 atom stereocenters. The molecule has 0 amide bonds. The van der Waals surface area contributed by atoms with Crippen LogP contribution in [0, 0.1) is 0 Å². The first-order valence-electron chi connectivity index (χ1n) is 10.6. The smallest absolute Gasteiger partial charge is 0.342 e. The first-order chi connectivity index (χ1) is 16.8. The number of carbonyl (C=O) groups excluding carboxylic acids is 3. The molecule has 0 radical (unpaired) electrons. The van der Waals surface area contributed by atoms with E-state index >= 15 is 0 Å². The van der Waals surface area contributed by atoms with Gasteiger partial charge in [-0.1, -0.05) is 30.3 Å². The third kappa shape index (κ3) is 5.82. The Hall–Kier alpha value is -3.39. The number of esters is 3. The molecule has 2 aliphatic rings. The fourth-order valence-corrected chi connectivity index (χ4v) is 3.88. The highest BCUT2D eigenvalue weighted by molar-refractivity contribution is 5.93. The molecular weight excluding hydrogens is 466 g/mol. The van der Waals surface area contributed by atoms with Crippen LogP contribution in [0.3, 0.4) is 0 Å². The van der Waals surface area contributed by atoms with E-state index in [1.165, 1.54) is 25.1 Å². The highest BCUT2D eigenvalue weighted by atomic mass is 17.1. The summed E-state index contributed by atoms with van der Waals surface area (Å²) in [6.45, 7) is 0.997. The molecule has 4 rings (SSSR count). The lowest BCUT2D eigenvalue weighted by Crippen LogP contribution is -2.36. The van der Waals surface area contributed by atoms with Gasteiger partial charge in [0.25, 0.3) is 0 Å². The predicted octanol–water partition coefficient (Wildman–Crippen LogP) is 1.67. The van der Waals surface area contributed by atoms with E-state index in [9.17, 15) is 14.4 Å². The normalized spacial score (nSPS) is 23.1. The van der Waals surface area contributed by atoms with Crippen LogP contribution >= 0.6 is 0 Å². The van der Waals surface area contributed by atoms with Gasteiger partial charge in [0.15, 0.2) is 12.2 Å². The highest BCUT2D eigenvalue weighted by Gasteiger charge is 2.51. The highest BCUT2D eigenvalue weighted by Crippen LogP contribution is 2.32. The van der Waals surface area contributed by atoms with Crippen LogP contribution in [-0.4, -0.2) is 71.3 Å². The molecule has 12 heteroatoms. The van der Waals surface area contributed by atoms with Crippen molar-refractivity contribution in [1.29, 1.82) is 0 Å². The van der Waals surface area contributed by atoms with Crippen molar-refractivity contribution in [2.75, 3.05) is 13.2 Å². The van der Waals surface area contributed by atoms with Gasteiger partial charge in [-0.2, -0.15) is 0 Å². The van der Waals surface area contributed by atoms with Crippen LogP contribution in [0.4, 0.5) is 0 Å². The molecule has 35 heavy (non-hydrogen) atoms. The van der Waals surface area contributed by atoms with Crippen molar-refractivity contribution < 1.29 is 53.3 Å². The molecule has 186 valence electrons. The predicted molar refractivity (Wildman–Crippen MR) is 112 cm³/mol. The summed E-state index contributed by atoms with van der Waals surface area (Å²) >= 11 is 0. The van der Waals surface area contributed by atoms with Gasteiger partial charge in [0.1, 0.15) is 23.5 Å². The number of rotatable bonds is 8. The van der Waals surface area contributed by atoms with Crippen molar-refractivity contribution in [1.82, 2.24) is 5.39 Å². The second-order valence-electron chi connectivity index (χ2n) is 7.76. The van der Waals surface area contributed by atoms with Crippen LogP contribution in [0.2, 0.25) is 0 Å². The number of carbonyl (C=O) groups is 3. The third-order valence-electron chi connectivity index (χ3n) is 5.41. The molecule has 2 heterocycles. The summed E-state index contributed by atoms with van der Waals surface area (Å²) in [5.74, 6) is -1.89. The van der Waals surface area contributed by atoms with Crippen molar-refractivity contribution in [3.05, 3.63) is 65.2 Å². The van der Waals surface area contributed by atoms with Gasteiger partial charge in [0.2, 0.25) is 0 Å². The zero-order chi connectivity index (χ0) is 24.9. The number of fused-ring (bicyclic) bond motifs is 1. The lowest BCUT2D eigenvalue weighted by molar-refractivity contribution is -0.497. The SMILES string of the molecule is CC(=O)Oc1ccccc1C(=O)OC1CO[C@H]2[C@@H]1OC[C@H]2OC(=O)c1ccccc1CON(O)O. The lowest BCUT2D eigenvalue weighted by atomic mass is 10.1. The van der Waals surface area contributed by atoms with Gasteiger partial charge in [-0.15, -0.1) is 0 Å². The van der Waals surface area contributed by atoms with Crippen molar-refractivity contribution in [2.24, 2.45) is 0 Å². The summed E-state index contributed by atoms with van der Waals surface area (Å²) in [6.07, 6.45) is -2.84. The Labute approximate surface area is 199 Å². The molecule has 2 N–H and O–H groups in total. The van der Waals surface area contributed by atoms with Crippen LogP contribution in [0.25, 0.3) is 0 Å². The molecule has 0 aliphatic carbocycles. The maximum absolute atomic E-state index is 12.8. The molecule has 12 nitrogen and oxygen atoms in total. The Bertz CT molecular complexity index is 1090. The first-order valence-corrected chi connectivity index (χ1v) is 10.6. The van der Waals surface area contributed by atoms with Crippen LogP contribution in [0.15, 0.2) is 48.5 Å². The lowest BCUT2D eigenvalue weighted by Gasteiger charge is -2.18. The summed E-state index contributed by atoms with van der Waals surface area (Å²) in [5.41, 5.74) is 0.614. The van der Waals surface area contributed by atoms with Crippen LogP contribution in [0.1, 0.15) is 33.2 Å². The fourth-order valence-electron chi connectivity index (χ4n) is 3.88. The summed E-state index contributed by atoms with van der Waals surface area (Å²) in [6, 6.07) is 12.5. The first kappa shape index (κ1) is 24.7. The van der Waals surface area contributed by atoms with E-state index in [0.29, 0.717) is 5.56 Å². The number of nitrogens with zero attached hydrogens (tertiary/aromatic N) is 1. The third-order valence-corrected chi connectivity index (χ3v) is 5.41. The standard InChI is InChI=1S/C23H23NO11/c1-13(25)33-17-9-5-4-8-16(17)23(27)35-19-12-31-20-18(11-30-21(19)20)34-22(26)15-7-3-2-6-14(15)10-32-24(28)29/h2-9,18-21,28-29H,10-12H2,1H3/t18-,19?,20-,21-/m1/s1. The van der Waals surface area contributed by atoms with Gasteiger partial charge in [-0.3, -0.25) is 15.2 Å². The van der Waals surface area contributed by atoms with Crippen LogP contribution < -0.4 is 4.74 Å². The van der Waals surface area contributed by atoms with Gasteiger partial charge in [0, 0.05) is 6.92 Å². The molecular formula is C23H23NO11. The van der Waals surface area contributed by atoms with E-state index in [1.54, 1.807) is 30.3 Å². The minimum Gasteiger partial charge on any atom is -0.453 e. The minimum atomic E-state index is -0.762. The zero-order valence-corrected chi connectivity index (χ0v) is 18.6. The Morgan fingerprint density at radius 3 is 2.03 bits per heavy atom. The molecule has 2 saturated heterocycles. The van der Waals surface area contributed by atoms with E-state index in [2.05, 4.69) is 4.84 Å². The van der Waals surface area contributed by atoms with Crippen molar-refractivity contribution in [2.45, 2.75) is 37.9 Å². The van der Waals surface area contributed by atoms with Crippen molar-refractivity contribution >= 4 is 17.9 Å². The summed E-state index contributed by atoms with van der Waals surface area (Å²) in [4.78, 5) is 41.4. The van der Waals surface area contributed by atoms with Gasteiger partial charge in [-0.05, 0) is 23.8 Å². The summed E-state index contributed by atoms with van der Waals surface area (Å²) in [7, 11) is 0. The average Bonchev–Trinajstić information content (AvgIpc) is 3.41. The molecule has 2 fully saturated rings. The molecule has 2 aromatic carbocycles. The van der Waals surface area contributed by atoms with Gasteiger partial charge >= 0.3 is 17.9 Å². The average molecular weight is 489 g/mol. The maximum Gasteiger partial charge on any atom is 0.342 e. The Morgan fingerprint density at radius 1 is 0.886 bits per heavy atom. The molecule has 2 aromatic rings. The van der Waals surface area contributed by atoms with Crippen molar-refractivity contribution in [3.63, 3.8) is 0 Å². The van der Waals surface area contributed by atoms with E-state index in [0.717, 1.165) is 0 Å². The summed E-state index contributed by atoms with van der Waals surface area (Å²) in [5, 5.41) is 17.0. The van der Waals surface area contributed by atoms with Gasteiger partial charge in [0.05, 0.1) is 30.8 Å². The quantitative estimate of drug-likeness (QED) is 0.315. The molecule has 0 saturated carbocycles. The van der Waals surface area contributed by atoms with Crippen molar-refractivity contribution in [3.8, 4) is 5.75 Å². The monoisotopic (exact) mass is 489 g/mol. The zero-order valence-electron chi connectivity index (χ0n) is 18.6. The second kappa shape index (κ2) is 10.9. The van der Waals surface area contributed by atoms with E-state index in [-0.39, 0.29) is 36.7 Å². The second-order valence-corrected chi connectivity index (χ2v) is 7.76. The molecule has 2 aliphatic heterocycles. The van der Waals surface area contributed by atoms with E-state index in [4.69, 9.17) is 34.1 Å². The number of para-hydroxylation sites is 1. The number of hydrogen-bond acceptors (Lipinski definition) is 12. The van der Waals surface area contributed by atoms with Crippen LogP contribution in [-0.2, 0) is 35.2 Å². The number of hydrogen-bond donors (Lipinski definition) is 2. The Balaban J connectivity index is 1.38. The Kier molecular flexibility index (Phi) is 7.70. The number of benzene rings is 2. The Morgan fingerprint density at radius 2 is 1.43 bits per heavy atom. The summed E-state index contributed by atoms with van der Waals surface area (Å²) < 4.78 is 27.6. The largest absolute Gasteiger partial charge is 0.453 e. The van der Waals surface area contributed by atoms with E-state index in [1.807, 2.05) is 0 Å². The topological polar surface area (TPSA) is 150 Å². The number of ether oxygens (including phenoxy) is 5. The molecule has 0 bridgehead atoms. The fraction of sp³-hybridized carbons (Fsp3) is 0.348. The molecule has 0 aromatic heterocycles. The molecule has 0 spiro atoms. The van der Waals surface area contributed by atoms with E-state index < -0.39 is 47.7 Å². The van der Waals surface area contributed by atoms with Crippen LogP contribution in [0.5, 0.6) is 5.75 Å². The molecule has 1 unspecified atom stereocenters. The van der Waals surface area contributed by atoms with Gasteiger partial charge < -0.3 is 23.7 Å². The van der Waals surface area contributed by atoms with Gasteiger partial charge in [-0.25, -0.2) is 14.4 Å². The maximum atomic E-state index is 12.8.